The summed E-state index contributed by atoms with van der Waals surface area (Å²) in [6.07, 6.45) is 0. The Morgan fingerprint density at radius 2 is 1.56 bits per heavy atom. The molecule has 0 bridgehead atoms. The van der Waals surface area contributed by atoms with E-state index < -0.39 is 0 Å². The van der Waals surface area contributed by atoms with E-state index >= 15 is 0 Å². The predicted molar refractivity (Wildman–Crippen MR) is 111 cm³/mol. The van der Waals surface area contributed by atoms with Gasteiger partial charge in [0.1, 0.15) is 12.4 Å². The van der Waals surface area contributed by atoms with Gasteiger partial charge in [-0.3, -0.25) is 4.79 Å². The van der Waals surface area contributed by atoms with E-state index in [-0.39, 0.29) is 23.2 Å². The Kier molecular flexibility index (Phi) is 6.48. The summed E-state index contributed by atoms with van der Waals surface area (Å²) in [6, 6.07) is 13.7. The fraction of sp³-hybridized carbons (Fsp3) is 0.458. The summed E-state index contributed by atoms with van der Waals surface area (Å²) in [4.78, 5) is 12.3. The quantitative estimate of drug-likeness (QED) is 0.615. The Bertz CT molecular complexity index is 792. The van der Waals surface area contributed by atoms with Crippen LogP contribution in [0.25, 0.3) is 0 Å². The van der Waals surface area contributed by atoms with Crippen LogP contribution in [0.4, 0.5) is 0 Å². The molecule has 2 aromatic rings. The number of rotatable bonds is 6. The second-order valence-corrected chi connectivity index (χ2v) is 9.03. The second-order valence-electron chi connectivity index (χ2n) is 9.03. The van der Waals surface area contributed by atoms with Crippen LogP contribution >= 0.6 is 0 Å². The van der Waals surface area contributed by atoms with Crippen LogP contribution < -0.4 is 4.74 Å². The number of ketones is 1. The van der Waals surface area contributed by atoms with E-state index in [1.165, 1.54) is 11.1 Å². The average molecular weight is 369 g/mol. The minimum Gasteiger partial charge on any atom is -0.497 e. The third-order valence-corrected chi connectivity index (χ3v) is 4.59. The third-order valence-electron chi connectivity index (χ3n) is 4.59. The first-order valence-electron chi connectivity index (χ1n) is 9.41. The number of carbonyl (C=O) groups is 1. The summed E-state index contributed by atoms with van der Waals surface area (Å²) in [7, 11) is 1.59. The van der Waals surface area contributed by atoms with Gasteiger partial charge in [0.25, 0.3) is 0 Å². The van der Waals surface area contributed by atoms with E-state index in [0.29, 0.717) is 17.9 Å². The van der Waals surface area contributed by atoms with Crippen LogP contribution in [0, 0.1) is 0 Å². The summed E-state index contributed by atoms with van der Waals surface area (Å²) in [5, 5.41) is 0. The monoisotopic (exact) mass is 368 g/mol. The number of carbonyl (C=O) groups excluding carboxylic acids is 1. The summed E-state index contributed by atoms with van der Waals surface area (Å²) < 4.78 is 10.9. The Hall–Kier alpha value is -2.13. The molecule has 0 aliphatic heterocycles. The molecule has 3 nitrogen and oxygen atoms in total. The van der Waals surface area contributed by atoms with Gasteiger partial charge in [-0.1, -0.05) is 71.9 Å². The van der Waals surface area contributed by atoms with Gasteiger partial charge in [-0.2, -0.15) is 0 Å². The van der Waals surface area contributed by atoms with Crippen LogP contribution in [0.1, 0.15) is 68.6 Å². The van der Waals surface area contributed by atoms with Gasteiger partial charge in [-0.05, 0) is 39.7 Å². The summed E-state index contributed by atoms with van der Waals surface area (Å²) in [5.74, 6) is 0.629. The highest BCUT2D eigenvalue weighted by molar-refractivity contribution is 5.97. The molecule has 3 heteroatoms. The molecule has 146 valence electrons. The normalized spacial score (nSPS) is 12.1. The first-order chi connectivity index (χ1) is 12.5. The lowest BCUT2D eigenvalue weighted by Gasteiger charge is -2.30. The van der Waals surface area contributed by atoms with Gasteiger partial charge in [-0.15, -0.1) is 0 Å². The molecule has 0 saturated carbocycles. The van der Waals surface area contributed by atoms with Crippen LogP contribution in [-0.4, -0.2) is 19.5 Å². The van der Waals surface area contributed by atoms with Crippen molar-refractivity contribution < 1.29 is 14.3 Å². The highest BCUT2D eigenvalue weighted by atomic mass is 16.5. The zero-order valence-electron chi connectivity index (χ0n) is 17.7. The fourth-order valence-electron chi connectivity index (χ4n) is 3.10. The Balaban J connectivity index is 2.08. The fourth-order valence-corrected chi connectivity index (χ4v) is 3.10. The van der Waals surface area contributed by atoms with Crippen molar-refractivity contribution in [1.29, 1.82) is 0 Å². The number of benzene rings is 2. The van der Waals surface area contributed by atoms with Crippen molar-refractivity contribution in [2.75, 3.05) is 13.7 Å². The van der Waals surface area contributed by atoms with E-state index in [9.17, 15) is 4.79 Å². The lowest BCUT2D eigenvalue weighted by molar-refractivity contribution is 0.0726. The van der Waals surface area contributed by atoms with Crippen molar-refractivity contribution >= 4 is 5.78 Å². The Morgan fingerprint density at radius 1 is 0.889 bits per heavy atom. The van der Waals surface area contributed by atoms with Gasteiger partial charge in [0.05, 0.1) is 13.7 Å². The van der Waals surface area contributed by atoms with E-state index in [1.807, 2.05) is 12.1 Å². The van der Waals surface area contributed by atoms with E-state index in [0.717, 1.165) is 5.56 Å². The molecule has 0 atom stereocenters. The van der Waals surface area contributed by atoms with E-state index in [2.05, 4.69) is 59.7 Å². The third kappa shape index (κ3) is 5.67. The topological polar surface area (TPSA) is 35.5 Å². The van der Waals surface area contributed by atoms with E-state index in [1.54, 1.807) is 19.2 Å². The average Bonchev–Trinajstić information content (AvgIpc) is 2.60. The number of ether oxygens (including phenoxy) is 2. The SMILES string of the molecule is COc1cccc(C(=O)COCc2ccc(C(C)(C)C)c(C(C)(C)C)c2)c1. The Labute approximate surface area is 163 Å². The molecule has 2 rings (SSSR count). The number of hydrogen-bond donors (Lipinski definition) is 0. The summed E-state index contributed by atoms with van der Waals surface area (Å²) in [6.45, 7) is 13.9. The van der Waals surface area contributed by atoms with Gasteiger partial charge in [0.15, 0.2) is 5.78 Å². The van der Waals surface area contributed by atoms with Crippen molar-refractivity contribution in [3.63, 3.8) is 0 Å². The molecule has 0 saturated heterocycles. The molecule has 27 heavy (non-hydrogen) atoms. The molecule has 0 fully saturated rings. The molecule has 0 heterocycles. The Morgan fingerprint density at radius 3 is 2.15 bits per heavy atom. The van der Waals surface area contributed by atoms with Gasteiger partial charge in [-0.25, -0.2) is 0 Å². The maximum absolute atomic E-state index is 12.3. The lowest BCUT2D eigenvalue weighted by Crippen LogP contribution is -2.22. The van der Waals surface area contributed by atoms with Crippen molar-refractivity contribution in [3.05, 3.63) is 64.7 Å². The van der Waals surface area contributed by atoms with Crippen LogP contribution in [0.2, 0.25) is 0 Å². The number of Topliss-reactive ketones (excluding diaryl/α,β-unsaturated/α-hetero) is 1. The van der Waals surface area contributed by atoms with Crippen LogP contribution in [0.5, 0.6) is 5.75 Å². The smallest absolute Gasteiger partial charge is 0.188 e. The molecule has 2 aromatic carbocycles. The van der Waals surface area contributed by atoms with Gasteiger partial charge in [0.2, 0.25) is 0 Å². The molecule has 0 amide bonds. The molecule has 0 radical (unpaired) electrons. The zero-order valence-corrected chi connectivity index (χ0v) is 17.7. The van der Waals surface area contributed by atoms with Crippen molar-refractivity contribution in [1.82, 2.24) is 0 Å². The van der Waals surface area contributed by atoms with Crippen LogP contribution in [0.3, 0.4) is 0 Å². The van der Waals surface area contributed by atoms with Crippen molar-refractivity contribution in [2.24, 2.45) is 0 Å². The maximum atomic E-state index is 12.3. The van der Waals surface area contributed by atoms with Gasteiger partial charge in [0, 0.05) is 5.56 Å². The molecule has 0 aromatic heterocycles. The molecule has 0 N–H and O–H groups in total. The largest absolute Gasteiger partial charge is 0.497 e. The highest BCUT2D eigenvalue weighted by Crippen LogP contribution is 2.34. The number of methoxy groups -OCH3 is 1. The first kappa shape index (κ1) is 21.2. The minimum atomic E-state index is -0.0451. The standard InChI is InChI=1S/C24H32O3/c1-23(2,3)20-12-11-17(13-21(20)24(4,5)6)15-27-16-22(25)18-9-8-10-19(14-18)26-7/h8-14H,15-16H2,1-7H3. The first-order valence-corrected chi connectivity index (χ1v) is 9.41. The second kappa shape index (κ2) is 8.26. The zero-order chi connectivity index (χ0) is 20.2. The van der Waals surface area contributed by atoms with Gasteiger partial charge < -0.3 is 9.47 Å². The van der Waals surface area contributed by atoms with E-state index in [4.69, 9.17) is 9.47 Å². The molecule has 0 unspecified atom stereocenters. The molecule has 0 aliphatic carbocycles. The van der Waals surface area contributed by atoms with Crippen LogP contribution in [0.15, 0.2) is 42.5 Å². The number of hydrogen-bond acceptors (Lipinski definition) is 3. The summed E-state index contributed by atoms with van der Waals surface area (Å²) in [5.41, 5.74) is 4.51. The maximum Gasteiger partial charge on any atom is 0.188 e. The van der Waals surface area contributed by atoms with Gasteiger partial charge >= 0.3 is 0 Å². The molecule has 0 aliphatic rings. The molecule has 0 spiro atoms. The summed E-state index contributed by atoms with van der Waals surface area (Å²) >= 11 is 0. The molecular formula is C24H32O3. The molecular weight excluding hydrogens is 336 g/mol. The lowest BCUT2D eigenvalue weighted by atomic mass is 9.75. The minimum absolute atomic E-state index is 0.0451. The highest BCUT2D eigenvalue weighted by Gasteiger charge is 2.25. The van der Waals surface area contributed by atoms with Crippen LogP contribution in [-0.2, 0) is 22.2 Å². The van der Waals surface area contributed by atoms with Crippen molar-refractivity contribution in [3.8, 4) is 5.75 Å². The van der Waals surface area contributed by atoms with Crippen molar-refractivity contribution in [2.45, 2.75) is 59.0 Å². The predicted octanol–water partition coefficient (Wildman–Crippen LogP) is 5.69.